The van der Waals surface area contributed by atoms with E-state index in [0.29, 0.717) is 38.1 Å². The maximum Gasteiger partial charge on any atom is 0.419 e. The van der Waals surface area contributed by atoms with Crippen molar-refractivity contribution in [1.29, 1.82) is 0 Å². The summed E-state index contributed by atoms with van der Waals surface area (Å²) in [5.74, 6) is -1.25. The maximum absolute atomic E-state index is 13.2. The van der Waals surface area contributed by atoms with Crippen LogP contribution in [0.15, 0.2) is 32.3 Å². The zero-order valence-corrected chi connectivity index (χ0v) is 18.8. The first kappa shape index (κ1) is 23.5. The van der Waals surface area contributed by atoms with Gasteiger partial charge in [0.1, 0.15) is 0 Å². The Bertz CT molecular complexity index is 1070. The number of oxazole rings is 1. The monoisotopic (exact) mass is 455 g/mol. The van der Waals surface area contributed by atoms with E-state index in [4.69, 9.17) is 13.9 Å². The van der Waals surface area contributed by atoms with Gasteiger partial charge in [-0.05, 0) is 38.8 Å². The van der Waals surface area contributed by atoms with Crippen LogP contribution in [0.4, 0.5) is 0 Å². The van der Waals surface area contributed by atoms with E-state index in [-0.39, 0.29) is 29.5 Å². The van der Waals surface area contributed by atoms with Gasteiger partial charge in [-0.2, -0.15) is 4.31 Å². The van der Waals surface area contributed by atoms with Crippen LogP contribution < -0.4 is 11.1 Å². The first-order valence-electron chi connectivity index (χ1n) is 10.4. The summed E-state index contributed by atoms with van der Waals surface area (Å²) in [5.41, 5.74) is 0.718. The number of carbonyl (C=O) groups is 1. The summed E-state index contributed by atoms with van der Waals surface area (Å²) in [4.78, 5) is 24.4. The van der Waals surface area contributed by atoms with Gasteiger partial charge in [-0.25, -0.2) is 13.2 Å². The van der Waals surface area contributed by atoms with Crippen LogP contribution in [0, 0.1) is 5.92 Å². The zero-order valence-electron chi connectivity index (χ0n) is 18.0. The molecule has 1 N–H and O–H groups in total. The number of carbonyl (C=O) groups excluding carboxylic acids is 1. The number of rotatable bonds is 9. The minimum atomic E-state index is -3.84. The summed E-state index contributed by atoms with van der Waals surface area (Å²) in [5, 5.41) is 2.80. The molecular weight excluding hydrogens is 426 g/mol. The van der Waals surface area contributed by atoms with E-state index in [0.717, 1.165) is 0 Å². The van der Waals surface area contributed by atoms with E-state index in [9.17, 15) is 18.0 Å². The molecular formula is C20H29N3O7S. The lowest BCUT2D eigenvalue weighted by Crippen LogP contribution is -2.47. The van der Waals surface area contributed by atoms with Crippen LogP contribution in [0.1, 0.15) is 26.7 Å². The van der Waals surface area contributed by atoms with E-state index in [1.807, 2.05) is 13.8 Å². The molecule has 172 valence electrons. The zero-order chi connectivity index (χ0) is 22.6. The molecule has 0 aliphatic carbocycles. The number of ether oxygens (including phenoxy) is 2. The van der Waals surface area contributed by atoms with Crippen molar-refractivity contribution < 1.29 is 27.1 Å². The fourth-order valence-corrected chi connectivity index (χ4v) is 5.20. The second-order valence-corrected chi connectivity index (χ2v) is 9.28. The first-order valence-corrected chi connectivity index (χ1v) is 11.8. The second-order valence-electron chi connectivity index (χ2n) is 7.34. The van der Waals surface area contributed by atoms with E-state index in [1.165, 1.54) is 21.0 Å². The van der Waals surface area contributed by atoms with Crippen LogP contribution in [0.25, 0.3) is 11.1 Å². The van der Waals surface area contributed by atoms with Gasteiger partial charge in [0, 0.05) is 39.4 Å². The van der Waals surface area contributed by atoms with E-state index >= 15 is 0 Å². The molecule has 1 saturated heterocycles. The predicted octanol–water partition coefficient (Wildman–Crippen LogP) is 1.05. The molecule has 11 heteroatoms. The Hall–Kier alpha value is -2.21. The Kier molecular flexibility index (Phi) is 7.52. The standard InChI is InChI=1S/C20H29N3O7S/c1-4-28-18(29-5-2)12-21-19(24)14-7-6-10-23(13-14)31(26,27)15-8-9-16-17(11-15)30-20(25)22(16)3/h8-9,11,14,18H,4-7,10,12-13H2,1-3H3,(H,21,24)/t14-/m0/s1. The largest absolute Gasteiger partial charge is 0.419 e. The van der Waals surface area contributed by atoms with Crippen molar-refractivity contribution in [3.8, 4) is 0 Å². The molecule has 0 radical (unpaired) electrons. The average Bonchev–Trinajstić information content (AvgIpc) is 3.05. The molecule has 1 aliphatic heterocycles. The fourth-order valence-electron chi connectivity index (χ4n) is 3.66. The molecule has 1 aromatic heterocycles. The van der Waals surface area contributed by atoms with E-state index in [1.54, 1.807) is 13.1 Å². The smallest absolute Gasteiger partial charge is 0.408 e. The van der Waals surface area contributed by atoms with Gasteiger partial charge in [-0.3, -0.25) is 9.36 Å². The van der Waals surface area contributed by atoms with Crippen molar-refractivity contribution in [1.82, 2.24) is 14.2 Å². The summed E-state index contributed by atoms with van der Waals surface area (Å²) in [6.07, 6.45) is 0.633. The molecule has 1 aromatic carbocycles. The highest BCUT2D eigenvalue weighted by Crippen LogP contribution is 2.26. The molecule has 1 fully saturated rings. The minimum absolute atomic E-state index is 0.0307. The number of piperidine rings is 1. The van der Waals surface area contributed by atoms with Gasteiger partial charge in [0.2, 0.25) is 15.9 Å². The Morgan fingerprint density at radius 1 is 1.29 bits per heavy atom. The van der Waals surface area contributed by atoms with Crippen molar-refractivity contribution in [2.24, 2.45) is 13.0 Å². The van der Waals surface area contributed by atoms with Crippen LogP contribution in [-0.4, -0.2) is 62.3 Å². The summed E-state index contributed by atoms with van der Waals surface area (Å²) >= 11 is 0. The third-order valence-corrected chi connectivity index (χ3v) is 7.17. The Labute approximate surface area is 181 Å². The average molecular weight is 456 g/mol. The van der Waals surface area contributed by atoms with Gasteiger partial charge in [-0.1, -0.05) is 0 Å². The van der Waals surface area contributed by atoms with Crippen molar-refractivity contribution in [3.05, 3.63) is 28.7 Å². The summed E-state index contributed by atoms with van der Waals surface area (Å²) < 4.78 is 44.9. The number of sulfonamides is 1. The number of hydrogen-bond donors (Lipinski definition) is 1. The number of aryl methyl sites for hydroxylation is 1. The number of benzene rings is 1. The fraction of sp³-hybridized carbons (Fsp3) is 0.600. The molecule has 1 aliphatic rings. The summed E-state index contributed by atoms with van der Waals surface area (Å²) in [6.45, 7) is 5.21. The molecule has 3 rings (SSSR count). The van der Waals surface area contributed by atoms with Crippen molar-refractivity contribution in [2.45, 2.75) is 37.9 Å². The number of fused-ring (bicyclic) bond motifs is 1. The first-order chi connectivity index (χ1) is 14.8. The Morgan fingerprint density at radius 2 is 2.00 bits per heavy atom. The molecule has 1 atom stereocenters. The summed E-state index contributed by atoms with van der Waals surface area (Å²) in [7, 11) is -2.29. The number of nitrogens with one attached hydrogen (secondary N) is 1. The molecule has 2 aromatic rings. The van der Waals surface area contributed by atoms with Gasteiger partial charge in [0.15, 0.2) is 11.9 Å². The molecule has 31 heavy (non-hydrogen) atoms. The van der Waals surface area contributed by atoms with Gasteiger partial charge in [-0.15, -0.1) is 0 Å². The van der Waals surface area contributed by atoms with Gasteiger partial charge in [0.25, 0.3) is 0 Å². The molecule has 1 amide bonds. The third-order valence-electron chi connectivity index (χ3n) is 5.30. The van der Waals surface area contributed by atoms with Crippen LogP contribution in [0.2, 0.25) is 0 Å². The van der Waals surface area contributed by atoms with Crippen LogP contribution in [-0.2, 0) is 31.3 Å². The number of amides is 1. The van der Waals surface area contributed by atoms with Crippen LogP contribution in [0.5, 0.6) is 0 Å². The number of aromatic nitrogens is 1. The van der Waals surface area contributed by atoms with Crippen molar-refractivity contribution >= 4 is 27.0 Å². The van der Waals surface area contributed by atoms with Gasteiger partial charge < -0.3 is 19.2 Å². The molecule has 0 bridgehead atoms. The van der Waals surface area contributed by atoms with Crippen LogP contribution >= 0.6 is 0 Å². The van der Waals surface area contributed by atoms with Crippen molar-refractivity contribution in [3.63, 3.8) is 0 Å². The minimum Gasteiger partial charge on any atom is -0.408 e. The van der Waals surface area contributed by atoms with E-state index in [2.05, 4.69) is 5.32 Å². The second kappa shape index (κ2) is 9.94. The third kappa shape index (κ3) is 5.17. The molecule has 0 saturated carbocycles. The highest BCUT2D eigenvalue weighted by molar-refractivity contribution is 7.89. The number of hydrogen-bond acceptors (Lipinski definition) is 7. The maximum atomic E-state index is 13.2. The molecule has 0 unspecified atom stereocenters. The molecule has 10 nitrogen and oxygen atoms in total. The lowest BCUT2D eigenvalue weighted by atomic mass is 9.99. The number of nitrogens with zero attached hydrogens (tertiary/aromatic N) is 2. The SMILES string of the molecule is CCOC(CNC(=O)[C@H]1CCCN(S(=O)(=O)c2ccc3c(c2)oc(=O)n3C)C1)OCC. The Morgan fingerprint density at radius 3 is 2.68 bits per heavy atom. The topological polar surface area (TPSA) is 120 Å². The van der Waals surface area contributed by atoms with Crippen LogP contribution in [0.3, 0.4) is 0 Å². The predicted molar refractivity (Wildman–Crippen MR) is 113 cm³/mol. The summed E-state index contributed by atoms with van der Waals surface area (Å²) in [6, 6.07) is 4.35. The Balaban J connectivity index is 1.70. The van der Waals surface area contributed by atoms with Gasteiger partial charge in [0.05, 0.1) is 22.9 Å². The quantitative estimate of drug-likeness (QED) is 0.561. The highest BCUT2D eigenvalue weighted by Gasteiger charge is 2.34. The highest BCUT2D eigenvalue weighted by atomic mass is 32.2. The molecule has 2 heterocycles. The van der Waals surface area contributed by atoms with E-state index < -0.39 is 28.0 Å². The normalized spacial score (nSPS) is 18.0. The lowest BCUT2D eigenvalue weighted by Gasteiger charge is -2.31. The lowest BCUT2D eigenvalue weighted by molar-refractivity contribution is -0.142. The van der Waals surface area contributed by atoms with Gasteiger partial charge >= 0.3 is 5.76 Å². The van der Waals surface area contributed by atoms with Crippen molar-refractivity contribution in [2.75, 3.05) is 32.8 Å². The molecule has 0 spiro atoms.